The van der Waals surface area contributed by atoms with Crippen molar-refractivity contribution in [3.8, 4) is 0 Å². The number of piperidine rings is 1. The molecule has 1 aliphatic rings. The van der Waals surface area contributed by atoms with Gasteiger partial charge in [-0.05, 0) is 45.6 Å². The predicted molar refractivity (Wildman–Crippen MR) is 99.2 cm³/mol. The Hall–Kier alpha value is -1.83. The van der Waals surface area contributed by atoms with E-state index in [1.807, 2.05) is 20.8 Å². The van der Waals surface area contributed by atoms with Crippen molar-refractivity contribution in [1.29, 1.82) is 0 Å². The Labute approximate surface area is 149 Å². The summed E-state index contributed by atoms with van der Waals surface area (Å²) in [5.74, 6) is 1.04. The first kappa shape index (κ1) is 19.5. The van der Waals surface area contributed by atoms with Crippen molar-refractivity contribution in [2.75, 3.05) is 30.0 Å². The number of nitrogens with two attached hydrogens (primary N) is 1. The molecule has 2 rings (SSSR count). The van der Waals surface area contributed by atoms with E-state index < -0.39 is 9.84 Å². The van der Waals surface area contributed by atoms with Gasteiger partial charge in [0.15, 0.2) is 15.7 Å². The number of hydrogen-bond acceptors (Lipinski definition) is 6. The van der Waals surface area contributed by atoms with Crippen LogP contribution in [0.15, 0.2) is 17.2 Å². The number of rotatable bonds is 4. The highest BCUT2D eigenvalue weighted by atomic mass is 32.2. The average molecular weight is 369 g/mol. The molecule has 0 atom stereocenters. The van der Waals surface area contributed by atoms with Gasteiger partial charge in [-0.3, -0.25) is 4.79 Å². The maximum Gasteiger partial charge on any atom is 0.220 e. The third-order valence-electron chi connectivity index (χ3n) is 4.20. The van der Waals surface area contributed by atoms with Crippen LogP contribution >= 0.6 is 0 Å². The van der Waals surface area contributed by atoms with Crippen LogP contribution in [0, 0.1) is 5.92 Å². The summed E-state index contributed by atoms with van der Waals surface area (Å²) < 4.78 is 23.1. The van der Waals surface area contributed by atoms with Crippen molar-refractivity contribution < 1.29 is 13.2 Å². The highest BCUT2D eigenvalue weighted by Gasteiger charge is 2.25. The van der Waals surface area contributed by atoms with Crippen LogP contribution in [-0.2, 0) is 14.6 Å². The van der Waals surface area contributed by atoms with Crippen LogP contribution in [0.2, 0.25) is 0 Å². The van der Waals surface area contributed by atoms with E-state index in [-0.39, 0.29) is 16.3 Å². The molecule has 3 N–H and O–H groups in total. The van der Waals surface area contributed by atoms with E-state index in [9.17, 15) is 13.2 Å². The van der Waals surface area contributed by atoms with Crippen LogP contribution in [0.4, 0.5) is 11.5 Å². The third-order valence-corrected chi connectivity index (χ3v) is 5.28. The Morgan fingerprint density at radius 2 is 1.96 bits per heavy atom. The van der Waals surface area contributed by atoms with E-state index in [0.717, 1.165) is 32.2 Å². The molecule has 0 aliphatic carbocycles. The van der Waals surface area contributed by atoms with Crippen molar-refractivity contribution in [2.24, 2.45) is 5.92 Å². The van der Waals surface area contributed by atoms with Gasteiger partial charge in [0.05, 0.1) is 10.6 Å². The molecule has 1 fully saturated rings. The fourth-order valence-electron chi connectivity index (χ4n) is 3.00. The molecule has 0 bridgehead atoms. The van der Waals surface area contributed by atoms with Crippen molar-refractivity contribution in [2.45, 2.75) is 50.5 Å². The van der Waals surface area contributed by atoms with E-state index in [1.165, 1.54) is 12.3 Å². The van der Waals surface area contributed by atoms with Crippen molar-refractivity contribution in [3.05, 3.63) is 12.3 Å². The minimum atomic E-state index is -3.32. The molecule has 0 radical (unpaired) electrons. The topological polar surface area (TPSA) is 105 Å². The second-order valence-corrected chi connectivity index (χ2v) is 9.80. The Morgan fingerprint density at radius 3 is 2.44 bits per heavy atom. The standard InChI is InChI=1S/C17H28N4O3S/c1-17(2,3)20-15(22)9-12-5-7-21(8-6-12)16-14(18)10-13(11-19-16)25(4,23)24/h10-12H,5-9,18H2,1-4H3,(H,20,22). The lowest BCUT2D eigenvalue weighted by atomic mass is 9.92. The molecule has 1 aromatic rings. The molecule has 0 unspecified atom stereocenters. The van der Waals surface area contributed by atoms with Crippen molar-refractivity contribution in [1.82, 2.24) is 10.3 Å². The molecule has 0 saturated carbocycles. The van der Waals surface area contributed by atoms with Gasteiger partial charge in [0.25, 0.3) is 0 Å². The molecular formula is C17H28N4O3S. The number of carbonyl (C=O) groups excluding carboxylic acids is 1. The average Bonchev–Trinajstić information content (AvgIpc) is 2.45. The zero-order chi connectivity index (χ0) is 18.8. The minimum Gasteiger partial charge on any atom is -0.396 e. The van der Waals surface area contributed by atoms with E-state index in [2.05, 4.69) is 15.2 Å². The number of nitrogen functional groups attached to an aromatic ring is 1. The van der Waals surface area contributed by atoms with Gasteiger partial charge in [-0.2, -0.15) is 0 Å². The molecule has 1 aliphatic heterocycles. The van der Waals surface area contributed by atoms with Gasteiger partial charge in [0.2, 0.25) is 5.91 Å². The number of pyridine rings is 1. The zero-order valence-corrected chi connectivity index (χ0v) is 16.2. The Morgan fingerprint density at radius 1 is 1.36 bits per heavy atom. The number of aromatic nitrogens is 1. The van der Waals surface area contributed by atoms with Crippen LogP contribution in [0.3, 0.4) is 0 Å². The first-order valence-electron chi connectivity index (χ1n) is 8.47. The summed E-state index contributed by atoms with van der Waals surface area (Å²) in [7, 11) is -3.32. The maximum absolute atomic E-state index is 12.1. The summed E-state index contributed by atoms with van der Waals surface area (Å²) in [5, 5.41) is 3.00. The van der Waals surface area contributed by atoms with Crippen LogP contribution in [-0.4, -0.2) is 44.2 Å². The minimum absolute atomic E-state index is 0.0843. The van der Waals surface area contributed by atoms with Crippen LogP contribution < -0.4 is 16.0 Å². The lowest BCUT2D eigenvalue weighted by Crippen LogP contribution is -2.42. The fourth-order valence-corrected chi connectivity index (χ4v) is 3.59. The molecule has 0 spiro atoms. The lowest BCUT2D eigenvalue weighted by Gasteiger charge is -2.33. The van der Waals surface area contributed by atoms with Crippen molar-refractivity contribution >= 4 is 27.2 Å². The normalized spacial score (nSPS) is 16.7. The van der Waals surface area contributed by atoms with Gasteiger partial charge >= 0.3 is 0 Å². The van der Waals surface area contributed by atoms with E-state index in [0.29, 0.717) is 23.8 Å². The largest absolute Gasteiger partial charge is 0.396 e. The van der Waals surface area contributed by atoms with Crippen LogP contribution in [0.25, 0.3) is 0 Å². The van der Waals surface area contributed by atoms with Gasteiger partial charge in [0.1, 0.15) is 0 Å². The summed E-state index contributed by atoms with van der Waals surface area (Å²) in [5.41, 5.74) is 6.16. The third kappa shape index (κ3) is 5.59. The number of carbonyl (C=O) groups is 1. The summed E-state index contributed by atoms with van der Waals surface area (Å²) in [6.45, 7) is 7.43. The Bertz CT molecular complexity index is 733. The van der Waals surface area contributed by atoms with E-state index in [4.69, 9.17) is 5.73 Å². The first-order chi connectivity index (χ1) is 11.5. The Kier molecular flexibility index (Phi) is 5.61. The first-order valence-corrected chi connectivity index (χ1v) is 10.4. The molecule has 1 aromatic heterocycles. The maximum atomic E-state index is 12.1. The molecule has 25 heavy (non-hydrogen) atoms. The summed E-state index contributed by atoms with van der Waals surface area (Å²) in [6.07, 6.45) is 4.78. The number of anilines is 2. The Balaban J connectivity index is 1.95. The van der Waals surface area contributed by atoms with Gasteiger partial charge in [-0.1, -0.05) is 0 Å². The van der Waals surface area contributed by atoms with E-state index >= 15 is 0 Å². The molecule has 1 saturated heterocycles. The molecule has 2 heterocycles. The smallest absolute Gasteiger partial charge is 0.220 e. The van der Waals surface area contributed by atoms with Gasteiger partial charge in [-0.15, -0.1) is 0 Å². The van der Waals surface area contributed by atoms with Crippen LogP contribution in [0.1, 0.15) is 40.0 Å². The second-order valence-electron chi connectivity index (χ2n) is 7.79. The molecule has 1 amide bonds. The summed E-state index contributed by atoms with van der Waals surface area (Å²) in [4.78, 5) is 18.5. The molecule has 140 valence electrons. The second kappa shape index (κ2) is 7.19. The van der Waals surface area contributed by atoms with E-state index in [1.54, 1.807) is 0 Å². The number of amides is 1. The summed E-state index contributed by atoms with van der Waals surface area (Å²) in [6, 6.07) is 1.46. The molecular weight excluding hydrogens is 340 g/mol. The number of nitrogens with one attached hydrogen (secondary N) is 1. The summed E-state index contributed by atoms with van der Waals surface area (Å²) >= 11 is 0. The zero-order valence-electron chi connectivity index (χ0n) is 15.4. The highest BCUT2D eigenvalue weighted by Crippen LogP contribution is 2.29. The van der Waals surface area contributed by atoms with Gasteiger partial charge < -0.3 is 16.0 Å². The number of hydrogen-bond donors (Lipinski definition) is 2. The van der Waals surface area contributed by atoms with Gasteiger partial charge in [0, 0.05) is 37.5 Å². The fraction of sp³-hybridized carbons (Fsp3) is 0.647. The van der Waals surface area contributed by atoms with Gasteiger partial charge in [-0.25, -0.2) is 13.4 Å². The molecule has 8 heteroatoms. The monoisotopic (exact) mass is 368 g/mol. The number of nitrogens with zero attached hydrogens (tertiary/aromatic N) is 2. The number of sulfone groups is 1. The lowest BCUT2D eigenvalue weighted by molar-refractivity contribution is -0.123. The highest BCUT2D eigenvalue weighted by molar-refractivity contribution is 7.90. The van der Waals surface area contributed by atoms with Crippen molar-refractivity contribution in [3.63, 3.8) is 0 Å². The quantitative estimate of drug-likeness (QED) is 0.836. The molecule has 7 nitrogen and oxygen atoms in total. The molecule has 0 aromatic carbocycles. The predicted octanol–water partition coefficient (Wildman–Crippen LogP) is 1.59. The van der Waals surface area contributed by atoms with Crippen LogP contribution in [0.5, 0.6) is 0 Å². The SMILES string of the molecule is CC(C)(C)NC(=O)CC1CCN(c2ncc(S(C)(=O)=O)cc2N)CC1.